The molecule has 0 saturated carbocycles. The summed E-state index contributed by atoms with van der Waals surface area (Å²) in [5.41, 5.74) is 8.18. The fourth-order valence-electron chi connectivity index (χ4n) is 3.35. The monoisotopic (exact) mass is 428 g/mol. The van der Waals surface area contributed by atoms with Crippen molar-refractivity contribution in [3.63, 3.8) is 0 Å². The molecule has 31 heavy (non-hydrogen) atoms. The lowest BCUT2D eigenvalue weighted by molar-refractivity contribution is 0.541. The largest absolute Gasteiger partial charge is 0.246 e. The first kappa shape index (κ1) is 29.4. The van der Waals surface area contributed by atoms with Crippen molar-refractivity contribution in [1.29, 1.82) is 0 Å². The second kappa shape index (κ2) is 19.1. The van der Waals surface area contributed by atoms with E-state index in [4.69, 9.17) is 0 Å². The lowest BCUT2D eigenvalue weighted by Crippen LogP contribution is -1.83. The van der Waals surface area contributed by atoms with Gasteiger partial charge < -0.3 is 0 Å². The van der Waals surface area contributed by atoms with Gasteiger partial charge in [-0.25, -0.2) is 4.39 Å². The summed E-state index contributed by atoms with van der Waals surface area (Å²) in [7, 11) is 0. The molecule has 0 aromatic rings. The van der Waals surface area contributed by atoms with Crippen molar-refractivity contribution in [3.05, 3.63) is 69.9 Å². The highest BCUT2D eigenvalue weighted by Gasteiger charge is 1.94. The fraction of sp³-hybridized carbons (Fsp3) is 0.600. The lowest BCUT2D eigenvalue weighted by Gasteiger charge is -2.03. The van der Waals surface area contributed by atoms with Crippen LogP contribution in [0.15, 0.2) is 69.9 Å². The van der Waals surface area contributed by atoms with Crippen LogP contribution in [0.25, 0.3) is 0 Å². The second-order valence-electron chi connectivity index (χ2n) is 9.40. The quantitative estimate of drug-likeness (QED) is 0.169. The van der Waals surface area contributed by atoms with Gasteiger partial charge in [0.15, 0.2) is 0 Å². The molecule has 0 unspecified atom stereocenters. The third-order valence-electron chi connectivity index (χ3n) is 5.55. The number of alkyl halides is 1. The minimum atomic E-state index is -0.324. The summed E-state index contributed by atoms with van der Waals surface area (Å²) in [5, 5.41) is 0. The molecule has 0 heterocycles. The molecule has 0 aromatic carbocycles. The maximum absolute atomic E-state index is 12.4. The molecule has 0 amide bonds. The Morgan fingerprint density at radius 1 is 0.419 bits per heavy atom. The average molecular weight is 429 g/mol. The predicted molar refractivity (Wildman–Crippen MR) is 140 cm³/mol. The molecule has 0 aliphatic rings. The van der Waals surface area contributed by atoms with Crippen molar-refractivity contribution in [3.8, 4) is 0 Å². The number of unbranched alkanes of at least 4 members (excludes halogenated alkanes) is 1. The standard InChI is InChI=1S/C30H49F/c1-25(2)14-10-17-28(5)20-11-18-26(3)15-8-9-16-27(4)19-12-21-29(6)22-13-23-30(7)24-31/h14-16,20-21,23H,8-13,17-19,22,24H2,1-7H3/b26-15+,27-16+,28-20+,29-21+,30-23?. The maximum Gasteiger partial charge on any atom is 0.110 e. The Balaban J connectivity index is 4.07. The minimum absolute atomic E-state index is 0.324. The van der Waals surface area contributed by atoms with Crippen LogP contribution in [0, 0.1) is 0 Å². The van der Waals surface area contributed by atoms with Gasteiger partial charge in [-0.2, -0.15) is 0 Å². The van der Waals surface area contributed by atoms with E-state index in [1.807, 2.05) is 13.0 Å². The Bertz CT molecular complexity index is 661. The third-order valence-corrected chi connectivity index (χ3v) is 5.55. The summed E-state index contributed by atoms with van der Waals surface area (Å²) in [6, 6.07) is 0. The van der Waals surface area contributed by atoms with Crippen molar-refractivity contribution in [2.45, 2.75) is 113 Å². The van der Waals surface area contributed by atoms with E-state index in [-0.39, 0.29) is 6.67 Å². The zero-order valence-corrected chi connectivity index (χ0v) is 21.6. The molecule has 176 valence electrons. The zero-order valence-electron chi connectivity index (χ0n) is 21.6. The van der Waals surface area contributed by atoms with Crippen molar-refractivity contribution >= 4 is 0 Å². The highest BCUT2D eigenvalue weighted by Crippen LogP contribution is 2.14. The van der Waals surface area contributed by atoms with Crippen LogP contribution in [0.2, 0.25) is 0 Å². The molecule has 0 atom stereocenters. The molecule has 0 aromatic heterocycles. The van der Waals surface area contributed by atoms with Crippen molar-refractivity contribution in [2.24, 2.45) is 0 Å². The smallest absolute Gasteiger partial charge is 0.110 e. The number of rotatable bonds is 16. The van der Waals surface area contributed by atoms with Gasteiger partial charge in [0.25, 0.3) is 0 Å². The van der Waals surface area contributed by atoms with Gasteiger partial charge in [0.2, 0.25) is 0 Å². The summed E-state index contributed by atoms with van der Waals surface area (Å²) in [4.78, 5) is 0. The molecule has 0 bridgehead atoms. The highest BCUT2D eigenvalue weighted by molar-refractivity contribution is 5.08. The average Bonchev–Trinajstić information content (AvgIpc) is 2.70. The molecule has 0 N–H and O–H groups in total. The van der Waals surface area contributed by atoms with Crippen LogP contribution >= 0.6 is 0 Å². The van der Waals surface area contributed by atoms with E-state index in [0.29, 0.717) is 0 Å². The maximum atomic E-state index is 12.4. The number of allylic oxidation sites excluding steroid dienone is 12. The van der Waals surface area contributed by atoms with Crippen molar-refractivity contribution < 1.29 is 4.39 Å². The van der Waals surface area contributed by atoms with Crippen LogP contribution in [0.4, 0.5) is 4.39 Å². The summed E-state index contributed by atoms with van der Waals surface area (Å²) in [6.07, 6.45) is 25.1. The summed E-state index contributed by atoms with van der Waals surface area (Å²) in [5.74, 6) is 0. The number of hydrogen-bond donors (Lipinski definition) is 0. The Morgan fingerprint density at radius 3 is 1.03 bits per heavy atom. The molecule has 0 saturated heterocycles. The zero-order chi connectivity index (χ0) is 23.5. The molecule has 0 aliphatic carbocycles. The minimum Gasteiger partial charge on any atom is -0.246 e. The van der Waals surface area contributed by atoms with Crippen LogP contribution < -0.4 is 0 Å². The Hall–Kier alpha value is -1.63. The van der Waals surface area contributed by atoms with Gasteiger partial charge in [-0.15, -0.1) is 0 Å². The third kappa shape index (κ3) is 20.0. The lowest BCUT2D eigenvalue weighted by atomic mass is 10.0. The number of hydrogen-bond acceptors (Lipinski definition) is 0. The van der Waals surface area contributed by atoms with Gasteiger partial charge in [-0.1, -0.05) is 64.3 Å². The van der Waals surface area contributed by atoms with Gasteiger partial charge in [-0.05, 0) is 118 Å². The first-order chi connectivity index (χ1) is 14.7. The van der Waals surface area contributed by atoms with Gasteiger partial charge in [0.05, 0.1) is 0 Å². The second-order valence-corrected chi connectivity index (χ2v) is 9.40. The van der Waals surface area contributed by atoms with Crippen LogP contribution in [0.5, 0.6) is 0 Å². The van der Waals surface area contributed by atoms with Crippen LogP contribution in [-0.4, -0.2) is 6.67 Å². The van der Waals surface area contributed by atoms with E-state index in [9.17, 15) is 4.39 Å². The molecule has 0 nitrogen and oxygen atoms in total. The van der Waals surface area contributed by atoms with Crippen LogP contribution in [0.3, 0.4) is 0 Å². The SMILES string of the molecule is CC(C)=CCC/C(C)=C/CC/C(C)=C/CC/C=C(\C)CC/C=C(\C)CCC=C(C)CF. The molecule has 0 fully saturated rings. The highest BCUT2D eigenvalue weighted by atomic mass is 19.1. The fourth-order valence-corrected chi connectivity index (χ4v) is 3.35. The van der Waals surface area contributed by atoms with Gasteiger partial charge in [0, 0.05) is 0 Å². The molecule has 1 heteroatoms. The predicted octanol–water partition coefficient (Wildman–Crippen LogP) is 10.6. The van der Waals surface area contributed by atoms with Crippen LogP contribution in [-0.2, 0) is 0 Å². The van der Waals surface area contributed by atoms with E-state index in [2.05, 4.69) is 71.9 Å². The van der Waals surface area contributed by atoms with E-state index in [0.717, 1.165) is 56.9 Å². The Morgan fingerprint density at radius 2 is 0.710 bits per heavy atom. The van der Waals surface area contributed by atoms with Gasteiger partial charge in [-0.3, -0.25) is 0 Å². The topological polar surface area (TPSA) is 0 Å². The summed E-state index contributed by atoms with van der Waals surface area (Å²) < 4.78 is 12.4. The molecular formula is C30H49F. The van der Waals surface area contributed by atoms with Crippen molar-refractivity contribution in [1.82, 2.24) is 0 Å². The van der Waals surface area contributed by atoms with Crippen molar-refractivity contribution in [2.75, 3.05) is 6.67 Å². The normalized spacial score (nSPS) is 14.3. The molecule has 0 radical (unpaired) electrons. The van der Waals surface area contributed by atoms with E-state index in [1.54, 1.807) is 0 Å². The molecular weight excluding hydrogens is 379 g/mol. The van der Waals surface area contributed by atoms with Gasteiger partial charge in [0.1, 0.15) is 6.67 Å². The van der Waals surface area contributed by atoms with Crippen LogP contribution in [0.1, 0.15) is 113 Å². The Kier molecular flexibility index (Phi) is 18.1. The van der Waals surface area contributed by atoms with E-state index in [1.165, 1.54) is 40.7 Å². The Labute approximate surface area is 193 Å². The molecule has 0 spiro atoms. The summed E-state index contributed by atoms with van der Waals surface area (Å²) >= 11 is 0. The van der Waals surface area contributed by atoms with Gasteiger partial charge >= 0.3 is 0 Å². The first-order valence-electron chi connectivity index (χ1n) is 12.2. The molecule has 0 aliphatic heterocycles. The van der Waals surface area contributed by atoms with E-state index < -0.39 is 0 Å². The molecule has 0 rings (SSSR count). The first-order valence-corrected chi connectivity index (χ1v) is 12.2. The summed E-state index contributed by atoms with van der Waals surface area (Å²) in [6.45, 7) is 14.8. The number of halogens is 1. The van der Waals surface area contributed by atoms with E-state index >= 15 is 0 Å².